The Labute approximate surface area is 52.4 Å². The first kappa shape index (κ1) is 10.6. The zero-order valence-corrected chi connectivity index (χ0v) is 4.57. The first-order valence-corrected chi connectivity index (χ1v) is 1.77. The van der Waals surface area contributed by atoms with Crippen molar-refractivity contribution in [3.63, 3.8) is 0 Å². The minimum absolute atomic E-state index is 0. The summed E-state index contributed by atoms with van der Waals surface area (Å²) in [6.07, 6.45) is 1.12. The van der Waals surface area contributed by atoms with Gasteiger partial charge in [-0.2, -0.15) is 0 Å². The smallest absolute Gasteiger partial charge is 0.328 e. The van der Waals surface area contributed by atoms with Crippen molar-refractivity contribution in [1.29, 1.82) is 0 Å². The van der Waals surface area contributed by atoms with E-state index < -0.39 is 11.9 Å². The number of carboxylic acids is 2. The van der Waals surface area contributed by atoms with Crippen LogP contribution in [0.5, 0.6) is 0 Å². The quantitative estimate of drug-likeness (QED) is 0.517. The van der Waals surface area contributed by atoms with E-state index in [1.807, 2.05) is 0 Å². The largest absolute Gasteiger partial charge is 0.478 e. The Morgan fingerprint density at radius 2 is 1.22 bits per heavy atom. The molecule has 0 bridgehead atoms. The molecule has 0 fully saturated rings. The maximum atomic E-state index is 9.55. The van der Waals surface area contributed by atoms with Crippen molar-refractivity contribution in [3.05, 3.63) is 19.6 Å². The molecule has 0 amide bonds. The molecule has 0 unspecified atom stereocenters. The molecule has 0 aliphatic rings. The summed E-state index contributed by atoms with van der Waals surface area (Å²) in [7, 11) is 0. The lowest BCUT2D eigenvalue weighted by Crippen LogP contribution is -1.91. The predicted octanol–water partition coefficient (Wildman–Crippen LogP) is 0.0391. The normalized spacial score (nSPS) is 8.44. The zero-order chi connectivity index (χ0) is 6.57. The molecule has 0 atom stereocenters. The van der Waals surface area contributed by atoms with Crippen LogP contribution in [0.3, 0.4) is 0 Å². The van der Waals surface area contributed by atoms with Crippen molar-refractivity contribution in [2.24, 2.45) is 0 Å². The summed E-state index contributed by atoms with van der Waals surface area (Å²) < 4.78 is 0. The molecule has 0 aliphatic carbocycles. The van der Waals surface area contributed by atoms with Crippen LogP contribution in [0.1, 0.15) is 0 Å². The van der Waals surface area contributed by atoms with E-state index in [0.29, 0.717) is 12.2 Å². The van der Waals surface area contributed by atoms with Crippen LogP contribution in [0.4, 0.5) is 0 Å². The van der Waals surface area contributed by atoms with Crippen LogP contribution in [0.2, 0.25) is 0 Å². The number of rotatable bonds is 2. The Kier molecular flexibility index (Phi) is 5.70. The van der Waals surface area contributed by atoms with Gasteiger partial charge >= 0.3 is 11.9 Å². The number of hydrogen-bond acceptors (Lipinski definition) is 2. The molecule has 4 heteroatoms. The summed E-state index contributed by atoms with van der Waals surface area (Å²) >= 11 is 0. The van der Waals surface area contributed by atoms with Gasteiger partial charge in [0, 0.05) is 12.2 Å². The highest BCUT2D eigenvalue weighted by atomic mass is 16.4. The van der Waals surface area contributed by atoms with E-state index in [-0.39, 0.29) is 7.43 Å². The average molecular weight is 130 g/mol. The Bertz CT molecular complexity index is 120. The maximum absolute atomic E-state index is 9.55. The fraction of sp³-hybridized carbons (Fsp3) is 0. The minimum Gasteiger partial charge on any atom is -0.478 e. The molecule has 0 aromatic heterocycles. The van der Waals surface area contributed by atoms with Crippen molar-refractivity contribution in [2.75, 3.05) is 0 Å². The summed E-state index contributed by atoms with van der Waals surface area (Å²) in [6.45, 7) is 0. The van der Waals surface area contributed by atoms with Gasteiger partial charge in [0.1, 0.15) is 0 Å². The lowest BCUT2D eigenvalue weighted by atomic mass is 10.5. The van der Waals surface area contributed by atoms with Gasteiger partial charge in [-0.05, 0) is 0 Å². The summed E-state index contributed by atoms with van der Waals surface area (Å²) in [5.41, 5.74) is 0. The molecule has 50 valence electrons. The van der Waals surface area contributed by atoms with Crippen LogP contribution in [0, 0.1) is 7.43 Å². The number of aliphatic carboxylic acids is 2. The van der Waals surface area contributed by atoms with E-state index >= 15 is 0 Å². The van der Waals surface area contributed by atoms with Gasteiger partial charge in [-0.3, -0.25) is 0 Å². The third-order valence-electron chi connectivity index (χ3n) is 0.368. The maximum Gasteiger partial charge on any atom is 0.328 e. The summed E-state index contributed by atoms with van der Waals surface area (Å²) in [6, 6.07) is 0. The van der Waals surface area contributed by atoms with E-state index in [4.69, 9.17) is 10.2 Å². The van der Waals surface area contributed by atoms with E-state index in [0.717, 1.165) is 0 Å². The SMILES string of the molecule is O=C(O)C=CC(=O)O.[CH2]. The van der Waals surface area contributed by atoms with Crippen LogP contribution in [0.25, 0.3) is 0 Å². The van der Waals surface area contributed by atoms with E-state index in [2.05, 4.69) is 0 Å². The van der Waals surface area contributed by atoms with Crippen LogP contribution in [-0.2, 0) is 9.59 Å². The average Bonchev–Trinajstić information content (AvgIpc) is 1.61. The fourth-order valence-corrected chi connectivity index (χ4v) is 0.143. The first-order chi connectivity index (χ1) is 3.63. The molecule has 2 radical (unpaired) electrons. The molecular weight excluding hydrogens is 124 g/mol. The number of hydrogen-bond donors (Lipinski definition) is 2. The van der Waals surface area contributed by atoms with Crippen LogP contribution in [0.15, 0.2) is 12.2 Å². The fourth-order valence-electron chi connectivity index (χ4n) is 0.143. The number of carbonyl (C=O) groups is 2. The lowest BCUT2D eigenvalue weighted by molar-refractivity contribution is -0.134. The topological polar surface area (TPSA) is 74.6 Å². The van der Waals surface area contributed by atoms with E-state index in [9.17, 15) is 9.59 Å². The highest BCUT2D eigenvalue weighted by Crippen LogP contribution is 1.70. The second-order valence-corrected chi connectivity index (χ2v) is 1.01. The molecule has 0 heterocycles. The van der Waals surface area contributed by atoms with Crippen LogP contribution < -0.4 is 0 Å². The van der Waals surface area contributed by atoms with Gasteiger partial charge in [-0.25, -0.2) is 9.59 Å². The Balaban J connectivity index is 0. The summed E-state index contributed by atoms with van der Waals surface area (Å²) in [5.74, 6) is -2.51. The predicted molar refractivity (Wildman–Crippen MR) is 29.8 cm³/mol. The monoisotopic (exact) mass is 130 g/mol. The lowest BCUT2D eigenvalue weighted by Gasteiger charge is -1.74. The van der Waals surface area contributed by atoms with E-state index in [1.165, 1.54) is 0 Å². The van der Waals surface area contributed by atoms with Crippen molar-refractivity contribution in [1.82, 2.24) is 0 Å². The molecular formula is C5H6O4. The molecule has 9 heavy (non-hydrogen) atoms. The van der Waals surface area contributed by atoms with Gasteiger partial charge in [-0.15, -0.1) is 0 Å². The molecule has 0 aliphatic heterocycles. The van der Waals surface area contributed by atoms with Crippen molar-refractivity contribution >= 4 is 11.9 Å². The van der Waals surface area contributed by atoms with Gasteiger partial charge in [0.05, 0.1) is 0 Å². The second kappa shape index (κ2) is 4.83. The van der Waals surface area contributed by atoms with Crippen LogP contribution >= 0.6 is 0 Å². The highest BCUT2D eigenvalue weighted by Gasteiger charge is 1.88. The van der Waals surface area contributed by atoms with Gasteiger partial charge in [-0.1, -0.05) is 7.43 Å². The van der Waals surface area contributed by atoms with E-state index in [1.54, 1.807) is 0 Å². The van der Waals surface area contributed by atoms with Crippen molar-refractivity contribution < 1.29 is 19.8 Å². The van der Waals surface area contributed by atoms with Gasteiger partial charge in [0.15, 0.2) is 0 Å². The molecule has 2 N–H and O–H groups in total. The summed E-state index contributed by atoms with van der Waals surface area (Å²) in [5, 5.41) is 15.6. The van der Waals surface area contributed by atoms with Crippen molar-refractivity contribution in [3.8, 4) is 0 Å². The van der Waals surface area contributed by atoms with Gasteiger partial charge in [0.2, 0.25) is 0 Å². The second-order valence-electron chi connectivity index (χ2n) is 1.01. The van der Waals surface area contributed by atoms with Crippen molar-refractivity contribution in [2.45, 2.75) is 0 Å². The Hall–Kier alpha value is -1.32. The van der Waals surface area contributed by atoms with Gasteiger partial charge in [0.25, 0.3) is 0 Å². The first-order valence-electron chi connectivity index (χ1n) is 1.77. The molecule has 0 saturated carbocycles. The third kappa shape index (κ3) is 10.8. The van der Waals surface area contributed by atoms with Crippen LogP contribution in [-0.4, -0.2) is 22.2 Å². The minimum atomic E-state index is -1.26. The third-order valence-corrected chi connectivity index (χ3v) is 0.368. The molecule has 0 aromatic carbocycles. The molecule has 0 saturated heterocycles. The molecule has 0 aromatic rings. The zero-order valence-electron chi connectivity index (χ0n) is 4.57. The Morgan fingerprint density at radius 1 is 1.00 bits per heavy atom. The molecule has 0 spiro atoms. The molecule has 0 rings (SSSR count). The van der Waals surface area contributed by atoms with Gasteiger partial charge < -0.3 is 10.2 Å². The summed E-state index contributed by atoms with van der Waals surface area (Å²) in [4.78, 5) is 19.1. The highest BCUT2D eigenvalue weighted by molar-refractivity contribution is 5.89. The number of carboxylic acid groups (broad SMARTS) is 2. The molecule has 4 nitrogen and oxygen atoms in total. The standard InChI is InChI=1S/C4H4O4.CH2/c5-3(6)1-2-4(7)8;/h1-2H,(H,5,6)(H,7,8);1H2. The Morgan fingerprint density at radius 3 is 1.33 bits per heavy atom.